The quantitative estimate of drug-likeness (QED) is 0.821. The van der Waals surface area contributed by atoms with Crippen molar-refractivity contribution in [2.24, 2.45) is 11.3 Å². The maximum Gasteiger partial charge on any atom is 0.222 e. The molecule has 1 atom stereocenters. The van der Waals surface area contributed by atoms with Gasteiger partial charge in [-0.25, -0.2) is 0 Å². The molecule has 1 unspecified atom stereocenters. The van der Waals surface area contributed by atoms with Crippen molar-refractivity contribution in [2.75, 3.05) is 26.3 Å². The summed E-state index contributed by atoms with van der Waals surface area (Å²) >= 11 is 0. The van der Waals surface area contributed by atoms with Crippen LogP contribution in [-0.2, 0) is 9.53 Å². The highest BCUT2D eigenvalue weighted by Gasteiger charge is 2.51. The Balaban J connectivity index is 1.53. The first kappa shape index (κ1) is 18.0. The number of hydrogen-bond acceptors (Lipinski definition) is 5. The number of aromatic nitrogens is 2. The second kappa shape index (κ2) is 7.29. The Labute approximate surface area is 155 Å². The number of carbonyl (C=O) groups is 1. The zero-order chi connectivity index (χ0) is 18.1. The van der Waals surface area contributed by atoms with Gasteiger partial charge in [0.05, 0.1) is 5.92 Å². The average Bonchev–Trinajstić information content (AvgIpc) is 3.35. The van der Waals surface area contributed by atoms with Crippen LogP contribution in [0.25, 0.3) is 0 Å². The van der Waals surface area contributed by atoms with E-state index in [2.05, 4.69) is 28.9 Å². The Kier molecular flexibility index (Phi) is 5.04. The van der Waals surface area contributed by atoms with Crippen LogP contribution in [0.15, 0.2) is 4.42 Å². The zero-order valence-corrected chi connectivity index (χ0v) is 16.1. The van der Waals surface area contributed by atoms with Gasteiger partial charge in [0, 0.05) is 44.1 Å². The van der Waals surface area contributed by atoms with Crippen molar-refractivity contribution in [1.29, 1.82) is 0 Å². The molecule has 0 aromatic carbocycles. The van der Waals surface area contributed by atoms with Crippen LogP contribution in [0.1, 0.15) is 82.4 Å². The SMILES string of the molecule is CC(C)c1nnc(C2CN(C(=O)CC3CCCC3)CC23CCOCC3)o1. The van der Waals surface area contributed by atoms with Gasteiger partial charge < -0.3 is 14.1 Å². The second-order valence-corrected chi connectivity index (χ2v) is 8.79. The van der Waals surface area contributed by atoms with E-state index in [1.165, 1.54) is 25.7 Å². The number of rotatable bonds is 4. The molecule has 144 valence electrons. The summed E-state index contributed by atoms with van der Waals surface area (Å²) in [5, 5.41) is 8.61. The van der Waals surface area contributed by atoms with Gasteiger partial charge in [-0.1, -0.05) is 26.7 Å². The molecule has 1 saturated carbocycles. The molecule has 3 fully saturated rings. The van der Waals surface area contributed by atoms with Gasteiger partial charge in [0.2, 0.25) is 17.7 Å². The maximum absolute atomic E-state index is 12.9. The van der Waals surface area contributed by atoms with Crippen LogP contribution < -0.4 is 0 Å². The number of carbonyl (C=O) groups excluding carboxylic acids is 1. The third kappa shape index (κ3) is 3.40. The fourth-order valence-corrected chi connectivity index (χ4v) is 4.99. The summed E-state index contributed by atoms with van der Waals surface area (Å²) in [7, 11) is 0. The van der Waals surface area contributed by atoms with E-state index in [9.17, 15) is 4.79 Å². The highest BCUT2D eigenvalue weighted by Crippen LogP contribution is 2.49. The van der Waals surface area contributed by atoms with E-state index in [1.54, 1.807) is 0 Å². The molecule has 0 radical (unpaired) electrons. The second-order valence-electron chi connectivity index (χ2n) is 8.79. The van der Waals surface area contributed by atoms with Gasteiger partial charge >= 0.3 is 0 Å². The monoisotopic (exact) mass is 361 g/mol. The van der Waals surface area contributed by atoms with Crippen molar-refractivity contribution in [3.05, 3.63) is 11.8 Å². The minimum Gasteiger partial charge on any atom is -0.425 e. The van der Waals surface area contributed by atoms with E-state index in [0.717, 1.165) is 32.6 Å². The van der Waals surface area contributed by atoms with E-state index in [4.69, 9.17) is 9.15 Å². The Bertz CT molecular complexity index is 630. The predicted molar refractivity (Wildman–Crippen MR) is 96.8 cm³/mol. The molecule has 1 spiro atoms. The summed E-state index contributed by atoms with van der Waals surface area (Å²) in [4.78, 5) is 15.0. The van der Waals surface area contributed by atoms with E-state index in [0.29, 0.717) is 36.6 Å². The Morgan fingerprint density at radius 3 is 2.62 bits per heavy atom. The van der Waals surface area contributed by atoms with Gasteiger partial charge in [-0.05, 0) is 31.6 Å². The van der Waals surface area contributed by atoms with Crippen LogP contribution in [0.2, 0.25) is 0 Å². The topological polar surface area (TPSA) is 68.5 Å². The molecule has 26 heavy (non-hydrogen) atoms. The Morgan fingerprint density at radius 2 is 1.96 bits per heavy atom. The molecule has 0 bridgehead atoms. The van der Waals surface area contributed by atoms with Crippen molar-refractivity contribution in [1.82, 2.24) is 15.1 Å². The summed E-state index contributed by atoms with van der Waals surface area (Å²) in [5.41, 5.74) is 0.0321. The first-order valence-electron chi connectivity index (χ1n) is 10.3. The zero-order valence-electron chi connectivity index (χ0n) is 16.1. The van der Waals surface area contributed by atoms with Crippen LogP contribution in [0.4, 0.5) is 0 Å². The molecule has 3 aliphatic rings. The molecule has 1 aliphatic carbocycles. The van der Waals surface area contributed by atoms with Gasteiger partial charge in [-0.15, -0.1) is 10.2 Å². The molecule has 6 heteroatoms. The van der Waals surface area contributed by atoms with Crippen molar-refractivity contribution in [3.63, 3.8) is 0 Å². The van der Waals surface area contributed by atoms with Gasteiger partial charge in [-0.2, -0.15) is 0 Å². The minimum atomic E-state index is 0.0321. The third-order valence-electron chi connectivity index (χ3n) is 6.68. The Morgan fingerprint density at radius 1 is 1.23 bits per heavy atom. The van der Waals surface area contributed by atoms with E-state index >= 15 is 0 Å². The lowest BCUT2D eigenvalue weighted by Crippen LogP contribution is -2.37. The van der Waals surface area contributed by atoms with Crippen LogP contribution >= 0.6 is 0 Å². The number of amides is 1. The maximum atomic E-state index is 12.9. The molecular formula is C20H31N3O3. The van der Waals surface area contributed by atoms with E-state index in [1.807, 2.05) is 0 Å². The summed E-state index contributed by atoms with van der Waals surface area (Å²) in [6.45, 7) is 7.16. The van der Waals surface area contributed by atoms with Crippen molar-refractivity contribution < 1.29 is 13.9 Å². The first-order chi connectivity index (χ1) is 12.6. The molecule has 6 nitrogen and oxygen atoms in total. The third-order valence-corrected chi connectivity index (χ3v) is 6.68. The summed E-state index contributed by atoms with van der Waals surface area (Å²) < 4.78 is 11.6. The fraction of sp³-hybridized carbons (Fsp3) is 0.850. The standard InChI is InChI=1S/C20H31N3O3/c1-14(2)18-21-22-19(26-18)16-12-23(13-20(16)7-9-25-10-8-20)17(24)11-15-5-3-4-6-15/h14-16H,3-13H2,1-2H3. The van der Waals surface area contributed by atoms with Crippen LogP contribution in [0.3, 0.4) is 0 Å². The summed E-state index contributed by atoms with van der Waals surface area (Å²) in [6.07, 6.45) is 7.62. The summed E-state index contributed by atoms with van der Waals surface area (Å²) in [6, 6.07) is 0. The number of ether oxygens (including phenoxy) is 1. The number of likely N-dealkylation sites (tertiary alicyclic amines) is 1. The van der Waals surface area contributed by atoms with Crippen molar-refractivity contribution >= 4 is 5.91 Å². The molecule has 1 aromatic heterocycles. The highest BCUT2D eigenvalue weighted by molar-refractivity contribution is 5.77. The largest absolute Gasteiger partial charge is 0.425 e. The van der Waals surface area contributed by atoms with E-state index < -0.39 is 0 Å². The molecule has 2 aliphatic heterocycles. The van der Waals surface area contributed by atoms with Gasteiger partial charge in [-0.3, -0.25) is 4.79 Å². The van der Waals surface area contributed by atoms with Crippen molar-refractivity contribution in [2.45, 2.75) is 70.6 Å². The molecule has 1 aromatic rings. The molecule has 2 saturated heterocycles. The summed E-state index contributed by atoms with van der Waals surface area (Å²) in [5.74, 6) is 2.67. The first-order valence-corrected chi connectivity index (χ1v) is 10.3. The van der Waals surface area contributed by atoms with Crippen LogP contribution in [-0.4, -0.2) is 47.3 Å². The smallest absolute Gasteiger partial charge is 0.222 e. The molecule has 3 heterocycles. The van der Waals surface area contributed by atoms with Gasteiger partial charge in [0.25, 0.3) is 0 Å². The fourth-order valence-electron chi connectivity index (χ4n) is 4.99. The average molecular weight is 361 g/mol. The van der Waals surface area contributed by atoms with Gasteiger partial charge in [0.15, 0.2) is 0 Å². The van der Waals surface area contributed by atoms with Gasteiger partial charge in [0.1, 0.15) is 0 Å². The molecule has 0 N–H and O–H groups in total. The van der Waals surface area contributed by atoms with Crippen LogP contribution in [0.5, 0.6) is 0 Å². The predicted octanol–water partition coefficient (Wildman–Crippen LogP) is 3.50. The normalized spacial score (nSPS) is 26.3. The molecular weight excluding hydrogens is 330 g/mol. The Hall–Kier alpha value is -1.43. The molecule has 1 amide bonds. The lowest BCUT2D eigenvalue weighted by atomic mass is 9.72. The highest BCUT2D eigenvalue weighted by atomic mass is 16.5. The van der Waals surface area contributed by atoms with E-state index in [-0.39, 0.29) is 17.3 Å². The van der Waals surface area contributed by atoms with Crippen LogP contribution in [0, 0.1) is 11.3 Å². The lowest BCUT2D eigenvalue weighted by Gasteiger charge is -2.36. The lowest BCUT2D eigenvalue weighted by molar-refractivity contribution is -0.131. The van der Waals surface area contributed by atoms with Crippen molar-refractivity contribution in [3.8, 4) is 0 Å². The number of nitrogens with zero attached hydrogens (tertiary/aromatic N) is 3. The minimum absolute atomic E-state index is 0.0321. The molecule has 4 rings (SSSR count). The number of hydrogen-bond donors (Lipinski definition) is 0.